The first kappa shape index (κ1) is 25.8. The van der Waals surface area contributed by atoms with Gasteiger partial charge in [0.15, 0.2) is 17.5 Å². The van der Waals surface area contributed by atoms with Crippen LogP contribution in [0.2, 0.25) is 0 Å². The molecule has 0 spiro atoms. The predicted molar refractivity (Wildman–Crippen MR) is 189 cm³/mol. The van der Waals surface area contributed by atoms with Gasteiger partial charge in [-0.15, -0.1) is 11.3 Å². The van der Waals surface area contributed by atoms with Gasteiger partial charge >= 0.3 is 0 Å². The van der Waals surface area contributed by atoms with E-state index in [1.807, 2.05) is 29.5 Å². The van der Waals surface area contributed by atoms with Crippen molar-refractivity contribution in [3.8, 4) is 45.3 Å². The fourth-order valence-electron chi connectivity index (χ4n) is 6.22. The smallest absolute Gasteiger partial charge is 0.164 e. The predicted octanol–water partition coefficient (Wildman–Crippen LogP) is 11.2. The third kappa shape index (κ3) is 4.55. The first-order valence-electron chi connectivity index (χ1n) is 15.0. The zero-order valence-corrected chi connectivity index (χ0v) is 25.0. The molecule has 0 amide bonds. The zero-order valence-electron chi connectivity index (χ0n) is 24.2. The highest BCUT2D eigenvalue weighted by Crippen LogP contribution is 2.37. The summed E-state index contributed by atoms with van der Waals surface area (Å²) in [5, 5.41) is 7.20. The number of nitrogens with zero attached hydrogens (tertiary/aromatic N) is 3. The van der Waals surface area contributed by atoms with Crippen molar-refractivity contribution in [2.45, 2.75) is 0 Å². The van der Waals surface area contributed by atoms with Crippen LogP contribution in [0.15, 0.2) is 152 Å². The Morgan fingerprint density at radius 2 is 0.956 bits per heavy atom. The van der Waals surface area contributed by atoms with Crippen LogP contribution < -0.4 is 0 Å². The van der Waals surface area contributed by atoms with Crippen molar-refractivity contribution < 1.29 is 0 Å². The Balaban J connectivity index is 1.24. The van der Waals surface area contributed by atoms with Crippen LogP contribution in [-0.4, -0.2) is 15.0 Å². The fraction of sp³-hybridized carbons (Fsp3) is 0. The molecule has 45 heavy (non-hydrogen) atoms. The normalized spacial score (nSPS) is 11.6. The molecule has 0 saturated heterocycles. The molecule has 0 saturated carbocycles. The number of benzene rings is 7. The van der Waals surface area contributed by atoms with Crippen LogP contribution in [0, 0.1) is 0 Å². The SMILES string of the molecule is c1ccc(-c2nc(-c3ccc4sc5ccccc5c4c3)nc(-c3cccc4ccc(-c5ccc6ccccc6c5)cc34)n2)cc1. The highest BCUT2D eigenvalue weighted by molar-refractivity contribution is 7.25. The minimum absolute atomic E-state index is 0.661. The largest absolute Gasteiger partial charge is 0.208 e. The van der Waals surface area contributed by atoms with Gasteiger partial charge in [0.1, 0.15) is 0 Å². The molecule has 0 aliphatic heterocycles. The Labute approximate surface area is 264 Å². The standard InChI is InChI=1S/C41H25N3S/c1-2-10-28(11-3-1)39-42-40(32-21-22-38-36(25-32)33-14-6-7-16-37(33)45-38)44-41(43-39)34-15-8-13-27-18-20-31(24-35(27)34)30-19-17-26-9-4-5-12-29(26)23-30/h1-25H. The second kappa shape index (κ2) is 10.5. The van der Waals surface area contributed by atoms with Crippen LogP contribution in [0.25, 0.3) is 87.0 Å². The molecular formula is C41H25N3S. The summed E-state index contributed by atoms with van der Waals surface area (Å²) in [5.41, 5.74) is 5.26. The summed E-state index contributed by atoms with van der Waals surface area (Å²) in [7, 11) is 0. The fourth-order valence-corrected chi connectivity index (χ4v) is 7.31. The third-order valence-electron chi connectivity index (χ3n) is 8.51. The van der Waals surface area contributed by atoms with Crippen LogP contribution >= 0.6 is 11.3 Å². The van der Waals surface area contributed by atoms with E-state index < -0.39 is 0 Å². The highest BCUT2D eigenvalue weighted by Gasteiger charge is 2.16. The van der Waals surface area contributed by atoms with E-state index in [1.165, 1.54) is 36.5 Å². The molecule has 0 aliphatic carbocycles. The zero-order chi connectivity index (χ0) is 29.7. The molecule has 0 fully saturated rings. The van der Waals surface area contributed by atoms with E-state index in [0.717, 1.165) is 33.0 Å². The Morgan fingerprint density at radius 1 is 0.333 bits per heavy atom. The van der Waals surface area contributed by atoms with Gasteiger partial charge in [0.2, 0.25) is 0 Å². The van der Waals surface area contributed by atoms with E-state index in [4.69, 9.17) is 15.0 Å². The lowest BCUT2D eigenvalue weighted by atomic mass is 9.96. The number of aromatic nitrogens is 3. The van der Waals surface area contributed by atoms with Gasteiger partial charge in [-0.3, -0.25) is 0 Å². The number of fused-ring (bicyclic) bond motifs is 5. The maximum atomic E-state index is 5.15. The number of hydrogen-bond acceptors (Lipinski definition) is 4. The molecule has 0 unspecified atom stereocenters. The van der Waals surface area contributed by atoms with E-state index in [-0.39, 0.29) is 0 Å². The van der Waals surface area contributed by atoms with Gasteiger partial charge < -0.3 is 0 Å². The van der Waals surface area contributed by atoms with Crippen molar-refractivity contribution in [1.29, 1.82) is 0 Å². The molecule has 2 aromatic heterocycles. The first-order valence-corrected chi connectivity index (χ1v) is 15.8. The molecule has 9 aromatic rings. The molecule has 4 heteroatoms. The maximum absolute atomic E-state index is 5.15. The third-order valence-corrected chi connectivity index (χ3v) is 9.66. The quantitative estimate of drug-likeness (QED) is 0.204. The number of rotatable bonds is 4. The van der Waals surface area contributed by atoms with Gasteiger partial charge in [-0.25, -0.2) is 15.0 Å². The summed E-state index contributed by atoms with van der Waals surface area (Å²) < 4.78 is 2.54. The number of hydrogen-bond donors (Lipinski definition) is 0. The molecule has 210 valence electrons. The molecule has 0 atom stereocenters. The molecule has 0 aliphatic rings. The summed E-state index contributed by atoms with van der Waals surface area (Å²) in [5.74, 6) is 1.99. The Kier molecular flexibility index (Phi) is 6.00. The average molecular weight is 592 g/mol. The molecule has 0 N–H and O–H groups in total. The van der Waals surface area contributed by atoms with E-state index in [0.29, 0.717) is 17.5 Å². The van der Waals surface area contributed by atoms with Crippen LogP contribution in [0.3, 0.4) is 0 Å². The lowest BCUT2D eigenvalue weighted by Gasteiger charge is -2.12. The summed E-state index contributed by atoms with van der Waals surface area (Å²) in [4.78, 5) is 15.2. The van der Waals surface area contributed by atoms with Gasteiger partial charge in [0.25, 0.3) is 0 Å². The van der Waals surface area contributed by atoms with Crippen molar-refractivity contribution >= 4 is 53.1 Å². The molecular weight excluding hydrogens is 567 g/mol. The molecule has 9 rings (SSSR count). The minimum atomic E-state index is 0.661. The van der Waals surface area contributed by atoms with E-state index in [2.05, 4.69) is 133 Å². The monoisotopic (exact) mass is 591 g/mol. The lowest BCUT2D eigenvalue weighted by Crippen LogP contribution is -2.00. The summed E-state index contributed by atoms with van der Waals surface area (Å²) in [6.07, 6.45) is 0. The van der Waals surface area contributed by atoms with Crippen molar-refractivity contribution in [2.75, 3.05) is 0 Å². The van der Waals surface area contributed by atoms with Crippen molar-refractivity contribution in [3.63, 3.8) is 0 Å². The Hall–Kier alpha value is -5.71. The van der Waals surface area contributed by atoms with E-state index >= 15 is 0 Å². The highest BCUT2D eigenvalue weighted by atomic mass is 32.1. The molecule has 7 aromatic carbocycles. The van der Waals surface area contributed by atoms with Crippen LogP contribution in [-0.2, 0) is 0 Å². The first-order chi connectivity index (χ1) is 22.3. The van der Waals surface area contributed by atoms with Gasteiger partial charge in [0, 0.05) is 36.9 Å². The lowest BCUT2D eigenvalue weighted by molar-refractivity contribution is 1.08. The van der Waals surface area contributed by atoms with Gasteiger partial charge in [-0.05, 0) is 69.1 Å². The van der Waals surface area contributed by atoms with Crippen molar-refractivity contribution in [3.05, 3.63) is 152 Å². The van der Waals surface area contributed by atoms with E-state index in [1.54, 1.807) is 0 Å². The van der Waals surface area contributed by atoms with Gasteiger partial charge in [-0.1, -0.05) is 115 Å². The second-order valence-electron chi connectivity index (χ2n) is 11.3. The molecule has 2 heterocycles. The minimum Gasteiger partial charge on any atom is -0.208 e. The Bertz CT molecular complexity index is 2550. The van der Waals surface area contributed by atoms with E-state index in [9.17, 15) is 0 Å². The summed E-state index contributed by atoms with van der Waals surface area (Å²) in [6.45, 7) is 0. The summed E-state index contributed by atoms with van der Waals surface area (Å²) in [6, 6.07) is 53.4. The summed E-state index contributed by atoms with van der Waals surface area (Å²) >= 11 is 1.81. The number of thiophene rings is 1. The average Bonchev–Trinajstić information content (AvgIpc) is 3.49. The maximum Gasteiger partial charge on any atom is 0.164 e. The van der Waals surface area contributed by atoms with Crippen LogP contribution in [0.1, 0.15) is 0 Å². The van der Waals surface area contributed by atoms with Gasteiger partial charge in [-0.2, -0.15) is 0 Å². The topological polar surface area (TPSA) is 38.7 Å². The van der Waals surface area contributed by atoms with Crippen LogP contribution in [0.5, 0.6) is 0 Å². The second-order valence-corrected chi connectivity index (χ2v) is 12.4. The Morgan fingerprint density at radius 3 is 1.84 bits per heavy atom. The van der Waals surface area contributed by atoms with Crippen molar-refractivity contribution in [1.82, 2.24) is 15.0 Å². The molecule has 0 bridgehead atoms. The van der Waals surface area contributed by atoms with Crippen LogP contribution in [0.4, 0.5) is 0 Å². The molecule has 3 nitrogen and oxygen atoms in total. The van der Waals surface area contributed by atoms with Gasteiger partial charge in [0.05, 0.1) is 0 Å². The molecule has 0 radical (unpaired) electrons. The van der Waals surface area contributed by atoms with Crippen molar-refractivity contribution in [2.24, 2.45) is 0 Å².